The summed E-state index contributed by atoms with van der Waals surface area (Å²) < 4.78 is 32.8. The van der Waals surface area contributed by atoms with Crippen LogP contribution in [0.4, 0.5) is 11.4 Å². The molecule has 0 aliphatic carbocycles. The number of nitrogens with one attached hydrogen (secondary N) is 1. The van der Waals surface area contributed by atoms with Gasteiger partial charge in [0.05, 0.1) is 22.9 Å². The van der Waals surface area contributed by atoms with Crippen LogP contribution in [0.2, 0.25) is 0 Å². The van der Waals surface area contributed by atoms with E-state index >= 15 is 0 Å². The predicted octanol–water partition coefficient (Wildman–Crippen LogP) is 4.34. The highest BCUT2D eigenvalue weighted by Crippen LogP contribution is 2.42. The standard InChI is InChI=1S/C24H31N3O6S/c1-5-21(26(34(4,31)32)17-11-10-12-18(15-17)27(29)30)23(28)25-20-16-24(6-2,7-3)33-22-14-9-8-13-19(20)22/h8-15,20-21H,5-7,16H2,1-4H3,(H,25,28). The van der Waals surface area contributed by atoms with E-state index in [4.69, 9.17) is 4.74 Å². The number of hydrogen-bond donors (Lipinski definition) is 1. The first-order valence-electron chi connectivity index (χ1n) is 11.4. The maximum atomic E-state index is 13.5. The van der Waals surface area contributed by atoms with Gasteiger partial charge in [0.25, 0.3) is 5.69 Å². The van der Waals surface area contributed by atoms with E-state index in [0.29, 0.717) is 12.2 Å². The van der Waals surface area contributed by atoms with E-state index in [1.54, 1.807) is 6.92 Å². The molecule has 1 aliphatic rings. The number of ether oxygens (including phenoxy) is 1. The molecule has 1 amide bonds. The molecule has 3 rings (SSSR count). The van der Waals surface area contributed by atoms with Crippen LogP contribution in [0.1, 0.15) is 58.1 Å². The van der Waals surface area contributed by atoms with Gasteiger partial charge >= 0.3 is 0 Å². The van der Waals surface area contributed by atoms with Gasteiger partial charge in [0.2, 0.25) is 15.9 Å². The largest absolute Gasteiger partial charge is 0.487 e. The fourth-order valence-electron chi connectivity index (χ4n) is 4.50. The summed E-state index contributed by atoms with van der Waals surface area (Å²) in [5.41, 5.74) is 0.215. The molecule has 0 saturated carbocycles. The monoisotopic (exact) mass is 489 g/mol. The molecule has 2 aromatic carbocycles. The number of nitro groups is 1. The van der Waals surface area contributed by atoms with Gasteiger partial charge in [-0.25, -0.2) is 8.42 Å². The van der Waals surface area contributed by atoms with Crippen molar-refractivity contribution in [1.82, 2.24) is 5.32 Å². The summed E-state index contributed by atoms with van der Waals surface area (Å²) in [4.78, 5) is 24.2. The second-order valence-electron chi connectivity index (χ2n) is 8.56. The number of para-hydroxylation sites is 1. The number of fused-ring (bicyclic) bond motifs is 1. The number of nitro benzene ring substituents is 1. The third-order valence-corrected chi connectivity index (χ3v) is 7.61. The lowest BCUT2D eigenvalue weighted by Crippen LogP contribution is -2.52. The van der Waals surface area contributed by atoms with Crippen LogP contribution in [-0.2, 0) is 14.8 Å². The van der Waals surface area contributed by atoms with Gasteiger partial charge in [0.15, 0.2) is 0 Å². The van der Waals surface area contributed by atoms with Crippen LogP contribution in [0, 0.1) is 10.1 Å². The van der Waals surface area contributed by atoms with E-state index in [0.717, 1.165) is 29.0 Å². The molecule has 0 spiro atoms. The van der Waals surface area contributed by atoms with Crippen LogP contribution in [0.5, 0.6) is 5.75 Å². The van der Waals surface area contributed by atoms with Crippen molar-refractivity contribution in [3.05, 3.63) is 64.2 Å². The lowest BCUT2D eigenvalue weighted by molar-refractivity contribution is -0.384. The lowest BCUT2D eigenvalue weighted by Gasteiger charge is -2.42. The van der Waals surface area contributed by atoms with Gasteiger partial charge in [-0.2, -0.15) is 0 Å². The minimum atomic E-state index is -3.93. The summed E-state index contributed by atoms with van der Waals surface area (Å²) in [5.74, 6) is 0.233. The first-order valence-corrected chi connectivity index (χ1v) is 13.2. The molecule has 1 N–H and O–H groups in total. The van der Waals surface area contributed by atoms with Crippen molar-refractivity contribution in [3.63, 3.8) is 0 Å². The van der Waals surface area contributed by atoms with Crippen molar-refractivity contribution >= 4 is 27.3 Å². The number of benzene rings is 2. The number of carbonyl (C=O) groups is 1. The van der Waals surface area contributed by atoms with E-state index in [2.05, 4.69) is 5.32 Å². The molecule has 0 radical (unpaired) electrons. The van der Waals surface area contributed by atoms with Gasteiger partial charge in [-0.1, -0.05) is 45.0 Å². The molecule has 0 saturated heterocycles. The highest BCUT2D eigenvalue weighted by molar-refractivity contribution is 7.92. The number of amides is 1. The van der Waals surface area contributed by atoms with E-state index in [1.165, 1.54) is 24.3 Å². The van der Waals surface area contributed by atoms with Crippen molar-refractivity contribution in [1.29, 1.82) is 0 Å². The smallest absolute Gasteiger partial charge is 0.271 e. The van der Waals surface area contributed by atoms with E-state index in [1.807, 2.05) is 38.1 Å². The van der Waals surface area contributed by atoms with Gasteiger partial charge < -0.3 is 10.1 Å². The van der Waals surface area contributed by atoms with Gasteiger partial charge in [-0.3, -0.25) is 19.2 Å². The summed E-state index contributed by atoms with van der Waals surface area (Å²) in [5, 5.41) is 14.3. The fourth-order valence-corrected chi connectivity index (χ4v) is 5.71. The van der Waals surface area contributed by atoms with E-state index < -0.39 is 32.5 Å². The Bertz CT molecular complexity index is 1160. The Labute approximate surface area is 200 Å². The minimum Gasteiger partial charge on any atom is -0.487 e. The van der Waals surface area contributed by atoms with Gasteiger partial charge in [0.1, 0.15) is 17.4 Å². The average molecular weight is 490 g/mol. The molecular formula is C24H31N3O6S. The Balaban J connectivity index is 1.98. The van der Waals surface area contributed by atoms with Crippen LogP contribution in [-0.4, -0.2) is 37.1 Å². The zero-order valence-corrected chi connectivity index (χ0v) is 20.7. The number of carbonyl (C=O) groups excluding carboxylic acids is 1. The average Bonchev–Trinajstić information content (AvgIpc) is 2.81. The van der Waals surface area contributed by atoms with Crippen LogP contribution < -0.4 is 14.4 Å². The molecule has 9 nitrogen and oxygen atoms in total. The van der Waals surface area contributed by atoms with E-state index in [-0.39, 0.29) is 23.8 Å². The van der Waals surface area contributed by atoms with Crippen LogP contribution in [0.3, 0.4) is 0 Å². The number of hydrogen-bond acceptors (Lipinski definition) is 6. The van der Waals surface area contributed by atoms with Crippen LogP contribution in [0.25, 0.3) is 0 Å². The molecule has 2 atom stereocenters. The Morgan fingerprint density at radius 3 is 2.47 bits per heavy atom. The molecule has 10 heteroatoms. The van der Waals surface area contributed by atoms with E-state index in [9.17, 15) is 23.3 Å². The number of anilines is 1. The minimum absolute atomic E-state index is 0.0718. The highest BCUT2D eigenvalue weighted by atomic mass is 32.2. The SMILES string of the molecule is CCC(C(=O)NC1CC(CC)(CC)Oc2ccccc21)N(c1cccc([N+](=O)[O-])c1)S(C)(=O)=O. The summed E-state index contributed by atoms with van der Waals surface area (Å²) in [6, 6.07) is 11.4. The summed E-state index contributed by atoms with van der Waals surface area (Å²) >= 11 is 0. The van der Waals surface area contributed by atoms with Crippen molar-refractivity contribution in [3.8, 4) is 5.75 Å². The Hall–Kier alpha value is -3.14. The normalized spacial score (nSPS) is 17.7. The summed E-state index contributed by atoms with van der Waals surface area (Å²) in [7, 11) is -3.93. The molecule has 184 valence electrons. The Morgan fingerprint density at radius 2 is 1.88 bits per heavy atom. The number of nitrogens with zero attached hydrogens (tertiary/aromatic N) is 2. The molecular weight excluding hydrogens is 458 g/mol. The number of sulfonamides is 1. The molecule has 1 heterocycles. The molecule has 34 heavy (non-hydrogen) atoms. The molecule has 0 bridgehead atoms. The molecule has 0 aromatic heterocycles. The summed E-state index contributed by atoms with van der Waals surface area (Å²) in [6.45, 7) is 5.79. The third kappa shape index (κ3) is 5.16. The van der Waals surface area contributed by atoms with Crippen molar-refractivity contribution in [2.24, 2.45) is 0 Å². The van der Waals surface area contributed by atoms with Crippen molar-refractivity contribution in [2.75, 3.05) is 10.6 Å². The predicted molar refractivity (Wildman–Crippen MR) is 130 cm³/mol. The Morgan fingerprint density at radius 1 is 1.21 bits per heavy atom. The third-order valence-electron chi connectivity index (χ3n) is 6.43. The van der Waals surface area contributed by atoms with Gasteiger partial charge in [-0.05, 0) is 31.4 Å². The quantitative estimate of drug-likeness (QED) is 0.413. The molecule has 1 aliphatic heterocycles. The first kappa shape index (κ1) is 25.5. The van der Waals surface area contributed by atoms with Crippen LogP contribution >= 0.6 is 0 Å². The Kier molecular flexibility index (Phi) is 7.50. The lowest BCUT2D eigenvalue weighted by atomic mass is 9.83. The van der Waals surface area contributed by atoms with Crippen molar-refractivity contribution in [2.45, 2.75) is 64.1 Å². The second kappa shape index (κ2) is 10.0. The topological polar surface area (TPSA) is 119 Å². The maximum Gasteiger partial charge on any atom is 0.271 e. The number of rotatable bonds is 9. The zero-order chi connectivity index (χ0) is 25.1. The zero-order valence-electron chi connectivity index (χ0n) is 19.9. The molecule has 2 aromatic rings. The molecule has 2 unspecified atom stereocenters. The van der Waals surface area contributed by atoms with Crippen LogP contribution in [0.15, 0.2) is 48.5 Å². The fraction of sp³-hybridized carbons (Fsp3) is 0.458. The molecule has 0 fully saturated rings. The summed E-state index contributed by atoms with van der Waals surface area (Å²) in [6.07, 6.45) is 3.23. The highest BCUT2D eigenvalue weighted by Gasteiger charge is 2.40. The van der Waals surface area contributed by atoms with Gasteiger partial charge in [-0.15, -0.1) is 0 Å². The maximum absolute atomic E-state index is 13.5. The van der Waals surface area contributed by atoms with Crippen molar-refractivity contribution < 1.29 is 22.9 Å². The number of non-ortho nitro benzene ring substituents is 1. The van der Waals surface area contributed by atoms with Gasteiger partial charge in [0, 0.05) is 24.1 Å². The second-order valence-corrected chi connectivity index (χ2v) is 10.4. The first-order chi connectivity index (χ1) is 16.0.